The number of carbonyl (C=O) groups is 3. The van der Waals surface area contributed by atoms with Gasteiger partial charge in [-0.3, -0.25) is 14.9 Å². The number of ether oxygens (including phenoxy) is 5. The average Bonchev–Trinajstić information content (AvgIpc) is 2.83. The Kier molecular flexibility index (Phi) is 9.03. The molecule has 3 rings (SSSR count). The van der Waals surface area contributed by atoms with Gasteiger partial charge in [-0.15, -0.1) is 0 Å². The molecule has 0 saturated carbocycles. The molecule has 0 unspecified atom stereocenters. The smallest absolute Gasteiger partial charge is 0.412 e. The number of aliphatic hydroxyl groups excluding tert-OH is 1. The fourth-order valence-electron chi connectivity index (χ4n) is 3.70. The molecule has 1 saturated heterocycles. The fraction of sp³-hybridized carbons (Fsp3) is 0.542. The first kappa shape index (κ1) is 25.7. The highest BCUT2D eigenvalue weighted by Gasteiger charge is 2.53. The van der Waals surface area contributed by atoms with Gasteiger partial charge in [-0.2, -0.15) is 0 Å². The van der Waals surface area contributed by atoms with Crippen LogP contribution in [0.25, 0.3) is 0 Å². The molecular formula is C24H31NO9. The van der Waals surface area contributed by atoms with Gasteiger partial charge in [0.15, 0.2) is 24.6 Å². The van der Waals surface area contributed by atoms with Crippen molar-refractivity contribution in [1.82, 2.24) is 0 Å². The normalized spacial score (nSPS) is 33.2. The monoisotopic (exact) mass is 477 g/mol. The zero-order valence-corrected chi connectivity index (χ0v) is 19.4. The van der Waals surface area contributed by atoms with Gasteiger partial charge in [0, 0.05) is 12.8 Å². The minimum atomic E-state index is -1.28. The van der Waals surface area contributed by atoms with E-state index in [1.165, 1.54) is 7.11 Å². The van der Waals surface area contributed by atoms with Crippen LogP contribution in [0.5, 0.6) is 0 Å². The third kappa shape index (κ3) is 6.34. The van der Waals surface area contributed by atoms with Crippen molar-refractivity contribution >= 4 is 23.7 Å². The van der Waals surface area contributed by atoms with E-state index in [4.69, 9.17) is 23.7 Å². The van der Waals surface area contributed by atoms with Gasteiger partial charge in [-0.05, 0) is 25.0 Å². The zero-order valence-electron chi connectivity index (χ0n) is 19.4. The molecule has 34 heavy (non-hydrogen) atoms. The van der Waals surface area contributed by atoms with Crippen molar-refractivity contribution in [2.45, 2.75) is 57.4 Å². The highest BCUT2D eigenvalue weighted by atomic mass is 16.7. The Labute approximate surface area is 198 Å². The van der Waals surface area contributed by atoms with Gasteiger partial charge >= 0.3 is 18.0 Å². The van der Waals surface area contributed by atoms with Crippen LogP contribution in [0.4, 0.5) is 10.5 Å². The summed E-state index contributed by atoms with van der Waals surface area (Å²) in [6.07, 6.45) is -2.41. The van der Waals surface area contributed by atoms with Gasteiger partial charge in [0.2, 0.25) is 0 Å². The molecule has 1 aromatic carbocycles. The van der Waals surface area contributed by atoms with Gasteiger partial charge in [0.1, 0.15) is 6.10 Å². The Hall–Kier alpha value is -2.95. The number of fused-ring (bicyclic) bond motifs is 1. The van der Waals surface area contributed by atoms with Crippen molar-refractivity contribution < 1.29 is 43.2 Å². The third-order valence-corrected chi connectivity index (χ3v) is 5.72. The Morgan fingerprint density at radius 1 is 1.03 bits per heavy atom. The Morgan fingerprint density at radius 2 is 1.62 bits per heavy atom. The van der Waals surface area contributed by atoms with E-state index < -0.39 is 67.2 Å². The van der Waals surface area contributed by atoms with Crippen LogP contribution in [0.1, 0.15) is 26.7 Å². The summed E-state index contributed by atoms with van der Waals surface area (Å²) in [6.45, 7) is 2.86. The molecule has 0 spiro atoms. The molecule has 0 bridgehead atoms. The van der Waals surface area contributed by atoms with Gasteiger partial charge in [0.25, 0.3) is 0 Å². The van der Waals surface area contributed by atoms with Crippen LogP contribution in [0.3, 0.4) is 0 Å². The SMILES string of the molecule is CO[C@H]1O[C@H](CO)[C@@H](OC(=O)Nc2ccccc2)[C@@H]2OC(=O)[C@@H](C)C/C=C/C[C@H](C)C(=O)O[C@@H]12. The number of rotatable bonds is 4. The van der Waals surface area contributed by atoms with E-state index in [-0.39, 0.29) is 0 Å². The lowest BCUT2D eigenvalue weighted by Gasteiger charge is -2.44. The summed E-state index contributed by atoms with van der Waals surface area (Å²) < 4.78 is 28.0. The highest BCUT2D eigenvalue weighted by Crippen LogP contribution is 2.31. The standard InChI is InChI=1S/C24H31NO9/c1-14-9-7-8-10-15(2)22(28)33-20-19(32-21(14)27)18(17(13-26)31-23(20)30-3)34-24(29)25-16-11-5-4-6-12-16/h4-8,11-12,14-15,17-20,23,26H,9-10,13H2,1-3H3,(H,25,29)/b8-7+/t14-,15-,17+,18+,19-,20+,23-/m0/s1. The van der Waals surface area contributed by atoms with Crippen molar-refractivity contribution in [1.29, 1.82) is 0 Å². The molecule has 0 radical (unpaired) electrons. The molecule has 2 aliphatic heterocycles. The lowest BCUT2D eigenvalue weighted by Crippen LogP contribution is -2.63. The van der Waals surface area contributed by atoms with Crippen molar-refractivity contribution in [3.05, 3.63) is 42.5 Å². The van der Waals surface area contributed by atoms with Crippen LogP contribution in [0.15, 0.2) is 42.5 Å². The van der Waals surface area contributed by atoms with Gasteiger partial charge in [-0.1, -0.05) is 44.2 Å². The number of nitrogens with one attached hydrogen (secondary N) is 1. The zero-order chi connectivity index (χ0) is 24.7. The second-order valence-corrected chi connectivity index (χ2v) is 8.37. The highest BCUT2D eigenvalue weighted by molar-refractivity contribution is 5.84. The molecule has 0 aliphatic carbocycles. The van der Waals surface area contributed by atoms with Crippen LogP contribution in [0.2, 0.25) is 0 Å². The van der Waals surface area contributed by atoms with E-state index in [1.54, 1.807) is 44.2 Å². The van der Waals surface area contributed by atoms with E-state index in [2.05, 4.69) is 5.32 Å². The van der Waals surface area contributed by atoms with Crippen LogP contribution in [-0.4, -0.2) is 67.6 Å². The van der Waals surface area contributed by atoms with E-state index in [9.17, 15) is 19.5 Å². The molecule has 1 amide bonds. The minimum absolute atomic E-state index is 0.408. The molecule has 0 aromatic heterocycles. The number of para-hydroxylation sites is 1. The van der Waals surface area contributed by atoms with E-state index >= 15 is 0 Å². The number of esters is 2. The van der Waals surface area contributed by atoms with E-state index in [0.717, 1.165) is 0 Å². The van der Waals surface area contributed by atoms with Crippen molar-refractivity contribution in [2.75, 3.05) is 19.0 Å². The maximum absolute atomic E-state index is 12.8. The molecule has 2 heterocycles. The fourth-order valence-corrected chi connectivity index (χ4v) is 3.70. The van der Waals surface area contributed by atoms with E-state index in [1.807, 2.05) is 12.2 Å². The molecule has 2 aliphatic rings. The second kappa shape index (κ2) is 12.0. The topological polar surface area (TPSA) is 130 Å². The quantitative estimate of drug-likeness (QED) is 0.381. The van der Waals surface area contributed by atoms with E-state index in [0.29, 0.717) is 18.5 Å². The maximum Gasteiger partial charge on any atom is 0.412 e. The Morgan fingerprint density at radius 3 is 2.18 bits per heavy atom. The van der Waals surface area contributed by atoms with Crippen LogP contribution in [-0.2, 0) is 33.3 Å². The number of methoxy groups -OCH3 is 1. The molecular weight excluding hydrogens is 446 g/mol. The van der Waals surface area contributed by atoms with Crippen molar-refractivity contribution in [3.8, 4) is 0 Å². The number of hydrogen-bond acceptors (Lipinski definition) is 9. The lowest BCUT2D eigenvalue weighted by atomic mass is 9.97. The van der Waals surface area contributed by atoms with Gasteiger partial charge in [0.05, 0.1) is 18.4 Å². The summed E-state index contributed by atoms with van der Waals surface area (Å²) in [5.74, 6) is -2.10. The Bertz CT molecular complexity index is 874. The van der Waals surface area contributed by atoms with Crippen molar-refractivity contribution in [2.24, 2.45) is 11.8 Å². The molecule has 10 heteroatoms. The molecule has 1 fully saturated rings. The summed E-state index contributed by atoms with van der Waals surface area (Å²) in [5.41, 5.74) is 0.479. The summed E-state index contributed by atoms with van der Waals surface area (Å²) in [7, 11) is 1.33. The van der Waals surface area contributed by atoms with Crippen molar-refractivity contribution in [3.63, 3.8) is 0 Å². The first-order valence-corrected chi connectivity index (χ1v) is 11.2. The third-order valence-electron chi connectivity index (χ3n) is 5.72. The molecule has 2 N–H and O–H groups in total. The first-order valence-electron chi connectivity index (χ1n) is 11.2. The molecule has 1 aromatic rings. The predicted octanol–water partition coefficient (Wildman–Crippen LogP) is 2.41. The average molecular weight is 478 g/mol. The summed E-state index contributed by atoms with van der Waals surface area (Å²) in [4.78, 5) is 38.2. The maximum atomic E-state index is 12.8. The first-order chi connectivity index (χ1) is 16.3. The number of amides is 1. The minimum Gasteiger partial charge on any atom is -0.454 e. The van der Waals surface area contributed by atoms with Crippen LogP contribution >= 0.6 is 0 Å². The summed E-state index contributed by atoms with van der Waals surface area (Å²) >= 11 is 0. The number of benzene rings is 1. The van der Waals surface area contributed by atoms with Gasteiger partial charge < -0.3 is 28.8 Å². The predicted molar refractivity (Wildman–Crippen MR) is 120 cm³/mol. The lowest BCUT2D eigenvalue weighted by molar-refractivity contribution is -0.300. The number of allylic oxidation sites excluding steroid dienone is 2. The Balaban J connectivity index is 1.92. The number of carbonyl (C=O) groups excluding carboxylic acids is 3. The molecule has 7 atom stereocenters. The second-order valence-electron chi connectivity index (χ2n) is 8.37. The largest absolute Gasteiger partial charge is 0.454 e. The van der Waals surface area contributed by atoms with Crippen LogP contribution < -0.4 is 5.32 Å². The van der Waals surface area contributed by atoms with Gasteiger partial charge in [-0.25, -0.2) is 4.79 Å². The number of aliphatic hydroxyl groups is 1. The number of hydrogen-bond donors (Lipinski definition) is 2. The number of anilines is 1. The summed E-state index contributed by atoms with van der Waals surface area (Å²) in [5, 5.41) is 12.5. The molecule has 186 valence electrons. The summed E-state index contributed by atoms with van der Waals surface area (Å²) in [6, 6.07) is 8.60. The molecule has 10 nitrogen and oxygen atoms in total. The van der Waals surface area contributed by atoms with Crippen LogP contribution in [0, 0.1) is 11.8 Å².